The summed E-state index contributed by atoms with van der Waals surface area (Å²) in [4.78, 5) is 0. The molecule has 1 saturated heterocycles. The van der Waals surface area contributed by atoms with Crippen molar-refractivity contribution in [3.05, 3.63) is 46.4 Å². The third-order valence-corrected chi connectivity index (χ3v) is 5.59. The Hall–Kier alpha value is -0.575. The van der Waals surface area contributed by atoms with Gasteiger partial charge in [-0.3, -0.25) is 0 Å². The Morgan fingerprint density at radius 3 is 2.10 bits per heavy atom. The van der Waals surface area contributed by atoms with Crippen LogP contribution in [0.2, 0.25) is 0 Å². The zero-order valence-corrected chi connectivity index (χ0v) is 14.0. The van der Waals surface area contributed by atoms with Crippen LogP contribution in [0.15, 0.2) is 46.4 Å². The fourth-order valence-electron chi connectivity index (χ4n) is 2.80. The number of allylic oxidation sites excluding steroid dienone is 8. The Labute approximate surface area is 129 Å². The van der Waals surface area contributed by atoms with E-state index in [0.29, 0.717) is 11.8 Å². The molecule has 1 aliphatic heterocycles. The molecule has 1 heterocycles. The molecule has 2 unspecified atom stereocenters. The normalized spacial score (nSPS) is 33.8. The van der Waals surface area contributed by atoms with Crippen molar-refractivity contribution in [3.8, 4) is 0 Å². The van der Waals surface area contributed by atoms with E-state index in [1.54, 1.807) is 0 Å². The maximum absolute atomic E-state index is 6.19. The molecule has 4 heteroatoms. The van der Waals surface area contributed by atoms with E-state index in [1.165, 1.54) is 9.95 Å². The molecule has 2 nitrogen and oxygen atoms in total. The third-order valence-electron chi connectivity index (χ3n) is 4.80. The predicted molar refractivity (Wildman–Crippen MR) is 86.4 cm³/mol. The monoisotopic (exact) mass is 334 g/mol. The van der Waals surface area contributed by atoms with Gasteiger partial charge in [0.1, 0.15) is 0 Å². The molecule has 0 spiro atoms. The Morgan fingerprint density at radius 1 is 0.950 bits per heavy atom. The van der Waals surface area contributed by atoms with Gasteiger partial charge in [-0.2, -0.15) is 0 Å². The van der Waals surface area contributed by atoms with Crippen molar-refractivity contribution in [1.82, 2.24) is 0 Å². The predicted octanol–water partition coefficient (Wildman–Crippen LogP) is 4.20. The van der Waals surface area contributed by atoms with Crippen LogP contribution in [0, 0.1) is 11.8 Å². The summed E-state index contributed by atoms with van der Waals surface area (Å²) in [5, 5.41) is 0. The van der Waals surface area contributed by atoms with Gasteiger partial charge in [-0.25, -0.2) is 0 Å². The zero-order chi connectivity index (χ0) is 14.5. The second kappa shape index (κ2) is 4.72. The number of hydrogen-bond donors (Lipinski definition) is 0. The molecule has 3 aliphatic rings. The van der Waals surface area contributed by atoms with Crippen LogP contribution in [-0.2, 0) is 9.31 Å². The van der Waals surface area contributed by atoms with Crippen molar-refractivity contribution in [1.29, 1.82) is 0 Å². The summed E-state index contributed by atoms with van der Waals surface area (Å²) >= 11 is 3.66. The molecule has 0 radical (unpaired) electrons. The lowest BCUT2D eigenvalue weighted by atomic mass is 9.64. The van der Waals surface area contributed by atoms with Crippen molar-refractivity contribution >= 4 is 23.0 Å². The molecule has 0 aromatic rings. The number of halogens is 1. The molecule has 0 aromatic carbocycles. The van der Waals surface area contributed by atoms with Gasteiger partial charge in [0.25, 0.3) is 0 Å². The molecule has 3 rings (SSSR count). The van der Waals surface area contributed by atoms with Crippen LogP contribution in [0.4, 0.5) is 0 Å². The minimum atomic E-state index is -0.291. The van der Waals surface area contributed by atoms with E-state index in [2.05, 4.69) is 80.1 Å². The molecule has 0 saturated carbocycles. The molecule has 2 aliphatic carbocycles. The first-order chi connectivity index (χ1) is 9.32. The van der Waals surface area contributed by atoms with Gasteiger partial charge >= 0.3 is 7.12 Å². The summed E-state index contributed by atoms with van der Waals surface area (Å²) in [6, 6.07) is 0. The van der Waals surface area contributed by atoms with Crippen LogP contribution in [0.5, 0.6) is 0 Å². The largest absolute Gasteiger partial charge is 0.491 e. The van der Waals surface area contributed by atoms with Gasteiger partial charge in [0.15, 0.2) is 0 Å². The fourth-order valence-corrected chi connectivity index (χ4v) is 3.37. The minimum absolute atomic E-state index is 0.263. The molecule has 20 heavy (non-hydrogen) atoms. The SMILES string of the molecule is CC1(C)OB(C2=CC=C(Br)C3C=CC=CC23)OC1(C)C. The van der Waals surface area contributed by atoms with Gasteiger partial charge in [-0.15, -0.1) is 0 Å². The summed E-state index contributed by atoms with van der Waals surface area (Å²) in [7, 11) is -0.263. The van der Waals surface area contributed by atoms with E-state index >= 15 is 0 Å². The minimum Gasteiger partial charge on any atom is -0.400 e. The second-order valence-electron chi connectivity index (χ2n) is 6.63. The van der Waals surface area contributed by atoms with Crippen LogP contribution in [-0.4, -0.2) is 18.3 Å². The summed E-state index contributed by atoms with van der Waals surface area (Å²) in [5.41, 5.74) is 0.624. The lowest BCUT2D eigenvalue weighted by molar-refractivity contribution is 0.00578. The summed E-state index contributed by atoms with van der Waals surface area (Å²) in [6.45, 7) is 8.37. The van der Waals surface area contributed by atoms with Crippen LogP contribution in [0.3, 0.4) is 0 Å². The van der Waals surface area contributed by atoms with E-state index < -0.39 is 0 Å². The van der Waals surface area contributed by atoms with E-state index in [9.17, 15) is 0 Å². The Kier molecular flexibility index (Phi) is 3.39. The fraction of sp³-hybridized carbons (Fsp3) is 0.500. The van der Waals surface area contributed by atoms with E-state index in [1.807, 2.05) is 0 Å². The molecule has 0 bridgehead atoms. The second-order valence-corrected chi connectivity index (χ2v) is 7.54. The van der Waals surface area contributed by atoms with Crippen molar-refractivity contribution in [2.45, 2.75) is 38.9 Å². The van der Waals surface area contributed by atoms with Crippen LogP contribution in [0.1, 0.15) is 27.7 Å². The molecular formula is C16H20BBrO2. The topological polar surface area (TPSA) is 18.5 Å². The highest BCUT2D eigenvalue weighted by Gasteiger charge is 2.53. The van der Waals surface area contributed by atoms with E-state index in [-0.39, 0.29) is 18.3 Å². The molecule has 1 fully saturated rings. The first-order valence-corrected chi connectivity index (χ1v) is 7.89. The summed E-state index contributed by atoms with van der Waals surface area (Å²) < 4.78 is 13.6. The van der Waals surface area contributed by atoms with Gasteiger partial charge in [0.05, 0.1) is 11.2 Å². The standard InChI is InChI=1S/C16H20BBrO2/c1-15(2)16(3,4)20-17(19-15)13-9-10-14(18)12-8-6-5-7-11(12)13/h5-12H,1-4H3. The molecule has 0 amide bonds. The van der Waals surface area contributed by atoms with Crippen molar-refractivity contribution in [2.24, 2.45) is 11.8 Å². The summed E-state index contributed by atoms with van der Waals surface area (Å²) in [5.74, 6) is 0.674. The highest BCUT2D eigenvalue weighted by Crippen LogP contribution is 2.45. The maximum atomic E-state index is 6.19. The average molecular weight is 335 g/mol. The molecular weight excluding hydrogens is 315 g/mol. The first-order valence-electron chi connectivity index (χ1n) is 7.10. The van der Waals surface area contributed by atoms with Crippen molar-refractivity contribution in [3.63, 3.8) is 0 Å². The lowest BCUT2D eigenvalue weighted by Gasteiger charge is -2.32. The maximum Gasteiger partial charge on any atom is 0.491 e. The molecule has 2 atom stereocenters. The molecule has 0 N–H and O–H groups in total. The Bertz CT molecular complexity index is 527. The van der Waals surface area contributed by atoms with E-state index in [4.69, 9.17) is 9.31 Å². The summed E-state index contributed by atoms with van der Waals surface area (Å²) in [6.07, 6.45) is 12.9. The molecule has 106 valence electrons. The quantitative estimate of drug-likeness (QED) is 0.669. The van der Waals surface area contributed by atoms with Gasteiger partial charge in [-0.1, -0.05) is 52.4 Å². The first kappa shape index (κ1) is 14.4. The van der Waals surface area contributed by atoms with Gasteiger partial charge in [-0.05, 0) is 33.2 Å². The van der Waals surface area contributed by atoms with Gasteiger partial charge in [0.2, 0.25) is 0 Å². The van der Waals surface area contributed by atoms with E-state index in [0.717, 1.165) is 0 Å². The van der Waals surface area contributed by atoms with Crippen LogP contribution in [0.25, 0.3) is 0 Å². The smallest absolute Gasteiger partial charge is 0.400 e. The van der Waals surface area contributed by atoms with Crippen molar-refractivity contribution in [2.75, 3.05) is 0 Å². The molecule has 0 aromatic heterocycles. The number of rotatable bonds is 1. The van der Waals surface area contributed by atoms with Gasteiger partial charge < -0.3 is 9.31 Å². The highest BCUT2D eigenvalue weighted by atomic mass is 79.9. The van der Waals surface area contributed by atoms with Crippen LogP contribution < -0.4 is 0 Å². The third kappa shape index (κ3) is 2.18. The zero-order valence-electron chi connectivity index (χ0n) is 12.4. The lowest BCUT2D eigenvalue weighted by Crippen LogP contribution is -2.41. The number of hydrogen-bond acceptors (Lipinski definition) is 2. The Balaban J connectivity index is 1.92. The Morgan fingerprint density at radius 2 is 1.50 bits per heavy atom. The highest BCUT2D eigenvalue weighted by molar-refractivity contribution is 9.11. The van der Waals surface area contributed by atoms with Gasteiger partial charge in [0, 0.05) is 16.3 Å². The average Bonchev–Trinajstić information content (AvgIpc) is 2.59. The van der Waals surface area contributed by atoms with Crippen LogP contribution >= 0.6 is 15.9 Å². The van der Waals surface area contributed by atoms with Crippen molar-refractivity contribution < 1.29 is 9.31 Å². The number of fused-ring (bicyclic) bond motifs is 1.